The van der Waals surface area contributed by atoms with Gasteiger partial charge in [0.25, 0.3) is 11.1 Å². The molecule has 4 rings (SSSR count). The Labute approximate surface area is 190 Å². The molecule has 1 unspecified atom stereocenters. The minimum atomic E-state index is -0.416. The van der Waals surface area contributed by atoms with Gasteiger partial charge in [0.05, 0.1) is 27.6 Å². The summed E-state index contributed by atoms with van der Waals surface area (Å²) in [5.41, 5.74) is 1.49. The molecule has 30 heavy (non-hydrogen) atoms. The monoisotopic (exact) mass is 483 g/mol. The van der Waals surface area contributed by atoms with E-state index in [2.05, 4.69) is 22.4 Å². The number of aromatic nitrogens is 2. The predicted octanol–water partition coefficient (Wildman–Crippen LogP) is 5.16. The molecule has 1 atom stereocenters. The summed E-state index contributed by atoms with van der Waals surface area (Å²) < 4.78 is 11.2. The fourth-order valence-electron chi connectivity index (χ4n) is 3.24. The Hall–Kier alpha value is -1.88. The van der Waals surface area contributed by atoms with Crippen LogP contribution in [0.2, 0.25) is 4.34 Å². The third-order valence-corrected chi connectivity index (χ3v) is 7.88. The summed E-state index contributed by atoms with van der Waals surface area (Å²) >= 11 is 9.86. The molecule has 1 amide bonds. The van der Waals surface area contributed by atoms with Crippen LogP contribution >= 0.6 is 46.0 Å². The summed E-state index contributed by atoms with van der Waals surface area (Å²) in [6.07, 6.45) is 2.75. The molecule has 3 aromatic heterocycles. The lowest BCUT2D eigenvalue weighted by molar-refractivity contribution is -0.113. The molecule has 3 heterocycles. The maximum Gasteiger partial charge on any atom is 0.341 e. The highest BCUT2D eigenvalue weighted by molar-refractivity contribution is 7.99. The van der Waals surface area contributed by atoms with Gasteiger partial charge in [0.1, 0.15) is 5.00 Å². The van der Waals surface area contributed by atoms with Gasteiger partial charge in [0.2, 0.25) is 5.91 Å². The third-order valence-electron chi connectivity index (χ3n) is 4.67. The van der Waals surface area contributed by atoms with Crippen molar-refractivity contribution in [3.05, 3.63) is 32.5 Å². The van der Waals surface area contributed by atoms with Crippen LogP contribution in [0.25, 0.3) is 10.8 Å². The Kier molecular flexibility index (Phi) is 6.47. The largest absolute Gasteiger partial charge is 0.465 e. The number of hydrogen-bond acceptors (Lipinski definition) is 9. The van der Waals surface area contributed by atoms with E-state index in [0.29, 0.717) is 26.7 Å². The normalized spacial score (nSPS) is 15.6. The average molecular weight is 484 g/mol. The van der Waals surface area contributed by atoms with Crippen molar-refractivity contribution in [2.75, 3.05) is 18.2 Å². The number of thioether (sulfide) groups is 1. The van der Waals surface area contributed by atoms with Gasteiger partial charge in [-0.3, -0.25) is 4.79 Å². The van der Waals surface area contributed by atoms with E-state index in [4.69, 9.17) is 20.8 Å². The molecule has 0 fully saturated rings. The summed E-state index contributed by atoms with van der Waals surface area (Å²) in [5, 5.41) is 11.6. The van der Waals surface area contributed by atoms with Gasteiger partial charge in [-0.05, 0) is 42.9 Å². The van der Waals surface area contributed by atoms with E-state index in [1.54, 1.807) is 12.1 Å². The molecule has 0 bridgehead atoms. The molecule has 1 N–H and O–H groups in total. The number of thiophene rings is 2. The van der Waals surface area contributed by atoms with E-state index in [0.717, 1.165) is 46.3 Å². The molecule has 0 saturated heterocycles. The van der Waals surface area contributed by atoms with Crippen molar-refractivity contribution in [3.8, 4) is 10.8 Å². The van der Waals surface area contributed by atoms with Crippen molar-refractivity contribution >= 4 is 62.9 Å². The maximum atomic E-state index is 12.5. The van der Waals surface area contributed by atoms with Gasteiger partial charge >= 0.3 is 5.97 Å². The van der Waals surface area contributed by atoms with E-state index in [-0.39, 0.29) is 16.9 Å². The summed E-state index contributed by atoms with van der Waals surface area (Å²) in [6.45, 7) is 2.19. The second-order valence-electron chi connectivity index (χ2n) is 6.86. The Morgan fingerprint density at radius 1 is 1.37 bits per heavy atom. The van der Waals surface area contributed by atoms with Crippen LogP contribution in [0.3, 0.4) is 0 Å². The number of hydrogen-bond donors (Lipinski definition) is 1. The molecule has 7 nitrogen and oxygen atoms in total. The minimum Gasteiger partial charge on any atom is -0.465 e. The van der Waals surface area contributed by atoms with Crippen LogP contribution in [0.1, 0.15) is 34.1 Å². The molecule has 1 aliphatic rings. The maximum absolute atomic E-state index is 12.5. The van der Waals surface area contributed by atoms with E-state index in [1.807, 2.05) is 0 Å². The summed E-state index contributed by atoms with van der Waals surface area (Å²) in [4.78, 5) is 26.8. The Balaban J connectivity index is 1.43. The summed E-state index contributed by atoms with van der Waals surface area (Å²) in [6, 6.07) is 3.56. The molecule has 11 heteroatoms. The molecule has 0 radical (unpaired) electrons. The molecule has 0 aromatic carbocycles. The zero-order chi connectivity index (χ0) is 21.3. The summed E-state index contributed by atoms with van der Waals surface area (Å²) in [7, 11) is 1.35. The lowest BCUT2D eigenvalue weighted by Crippen LogP contribution is -2.17. The van der Waals surface area contributed by atoms with Crippen LogP contribution < -0.4 is 5.32 Å². The molecule has 0 saturated carbocycles. The Morgan fingerprint density at radius 3 is 2.93 bits per heavy atom. The second kappa shape index (κ2) is 9.09. The number of rotatable bonds is 6. The number of amides is 1. The van der Waals surface area contributed by atoms with Crippen LogP contribution in [-0.2, 0) is 22.4 Å². The van der Waals surface area contributed by atoms with Gasteiger partial charge in [-0.2, -0.15) is 0 Å². The van der Waals surface area contributed by atoms with Crippen LogP contribution in [0, 0.1) is 5.92 Å². The molecule has 3 aromatic rings. The third kappa shape index (κ3) is 4.56. The number of ether oxygens (including phenoxy) is 1. The second-order valence-corrected chi connectivity index (χ2v) is 10.6. The molecule has 0 aliphatic heterocycles. The standard InChI is InChI=1S/C19H18ClN3O4S3/c1-9-3-4-10-12(7-9)30-17(15(10)18(25)26-2)21-14(24)8-28-19-23-22-16(27-19)11-5-6-13(20)29-11/h5-6,9H,3-4,7-8H2,1-2H3,(H,21,24). The van der Waals surface area contributed by atoms with Crippen LogP contribution in [0.4, 0.5) is 5.00 Å². The number of methoxy groups -OCH3 is 1. The SMILES string of the molecule is COC(=O)c1c(NC(=O)CSc2nnc(-c3ccc(Cl)s3)o2)sc2c1CCC(C)C2. The fraction of sp³-hybridized carbons (Fsp3) is 0.368. The molecule has 0 spiro atoms. The number of nitrogens with one attached hydrogen (secondary N) is 1. The molecular weight excluding hydrogens is 466 g/mol. The highest BCUT2D eigenvalue weighted by Crippen LogP contribution is 2.40. The van der Waals surface area contributed by atoms with Gasteiger partial charge in [0.15, 0.2) is 0 Å². The lowest BCUT2D eigenvalue weighted by Gasteiger charge is -2.18. The van der Waals surface area contributed by atoms with Crippen LogP contribution in [0.5, 0.6) is 0 Å². The molecular formula is C19H18ClN3O4S3. The van der Waals surface area contributed by atoms with Gasteiger partial charge in [-0.15, -0.1) is 32.9 Å². The van der Waals surface area contributed by atoms with Gasteiger partial charge in [-0.25, -0.2) is 4.79 Å². The van der Waals surface area contributed by atoms with Gasteiger partial charge in [0, 0.05) is 4.88 Å². The predicted molar refractivity (Wildman–Crippen MR) is 119 cm³/mol. The number of anilines is 1. The number of halogens is 1. The van der Waals surface area contributed by atoms with E-state index >= 15 is 0 Å². The first-order valence-corrected chi connectivity index (χ1v) is 12.2. The Morgan fingerprint density at radius 2 is 2.20 bits per heavy atom. The van der Waals surface area contributed by atoms with Gasteiger partial charge in [-0.1, -0.05) is 30.3 Å². The first kappa shape index (κ1) is 21.4. The van der Waals surface area contributed by atoms with Crippen LogP contribution in [0.15, 0.2) is 21.8 Å². The van der Waals surface area contributed by atoms with Crippen molar-refractivity contribution in [1.29, 1.82) is 0 Å². The number of esters is 1. The number of carbonyl (C=O) groups is 2. The topological polar surface area (TPSA) is 94.3 Å². The first-order chi connectivity index (χ1) is 14.4. The highest BCUT2D eigenvalue weighted by Gasteiger charge is 2.29. The molecule has 158 valence electrons. The smallest absolute Gasteiger partial charge is 0.341 e. The van der Waals surface area contributed by atoms with Crippen LogP contribution in [-0.4, -0.2) is 34.9 Å². The summed E-state index contributed by atoms with van der Waals surface area (Å²) in [5.74, 6) is 0.331. The van der Waals surface area contributed by atoms with Crippen molar-refractivity contribution in [2.24, 2.45) is 5.92 Å². The zero-order valence-corrected chi connectivity index (χ0v) is 19.4. The lowest BCUT2D eigenvalue weighted by atomic mass is 9.88. The van der Waals surface area contributed by atoms with Crippen molar-refractivity contribution in [3.63, 3.8) is 0 Å². The number of fused-ring (bicyclic) bond motifs is 1. The van der Waals surface area contributed by atoms with E-state index < -0.39 is 5.97 Å². The zero-order valence-electron chi connectivity index (χ0n) is 16.2. The van der Waals surface area contributed by atoms with E-state index in [9.17, 15) is 9.59 Å². The minimum absolute atomic E-state index is 0.0758. The number of carbonyl (C=O) groups excluding carboxylic acids is 2. The van der Waals surface area contributed by atoms with Crippen molar-refractivity contribution in [1.82, 2.24) is 10.2 Å². The van der Waals surface area contributed by atoms with Gasteiger partial charge < -0.3 is 14.5 Å². The average Bonchev–Trinajstić information content (AvgIpc) is 3.43. The quantitative estimate of drug-likeness (QED) is 0.382. The number of nitrogens with zero attached hydrogens (tertiary/aromatic N) is 2. The van der Waals surface area contributed by atoms with E-state index in [1.165, 1.54) is 29.8 Å². The van der Waals surface area contributed by atoms with Crippen molar-refractivity contribution < 1.29 is 18.7 Å². The fourth-order valence-corrected chi connectivity index (χ4v) is 6.19. The molecule has 1 aliphatic carbocycles. The van der Waals surface area contributed by atoms with Crippen molar-refractivity contribution in [2.45, 2.75) is 31.4 Å². The Bertz CT molecular complexity index is 1090. The first-order valence-electron chi connectivity index (χ1n) is 9.19. The highest BCUT2D eigenvalue weighted by atomic mass is 35.5.